The van der Waals surface area contributed by atoms with E-state index in [0.717, 1.165) is 33.5 Å². The Hall–Kier alpha value is -4.52. The fraction of sp³-hybridized carbons (Fsp3) is 0.250. The normalized spacial score (nSPS) is 16.9. The molecule has 2 N–H and O–H groups in total. The van der Waals surface area contributed by atoms with Crippen LogP contribution >= 0.6 is 0 Å². The predicted molar refractivity (Wildman–Crippen MR) is 155 cm³/mol. The zero-order chi connectivity index (χ0) is 27.8. The van der Waals surface area contributed by atoms with Gasteiger partial charge < -0.3 is 19.7 Å². The number of carbonyl (C=O) groups is 2. The topological polar surface area (TPSA) is 85.9 Å². The zero-order valence-electron chi connectivity index (χ0n) is 22.9. The number of aromatic amines is 1. The smallest absolute Gasteiger partial charge is 0.300 e. The van der Waals surface area contributed by atoms with Gasteiger partial charge in [0.2, 0.25) is 0 Å². The Labute approximate surface area is 228 Å². The minimum atomic E-state index is -0.816. The number of Topliss-reactive ketones (excluding diaryl/α,β-unsaturated/α-hetero) is 1. The van der Waals surface area contributed by atoms with Gasteiger partial charge in [-0.2, -0.15) is 0 Å². The number of H-pyrrole nitrogens is 1. The van der Waals surface area contributed by atoms with Crippen molar-refractivity contribution in [2.45, 2.75) is 26.8 Å². The van der Waals surface area contributed by atoms with Crippen LogP contribution in [0.3, 0.4) is 0 Å². The molecule has 0 aliphatic carbocycles. The zero-order valence-corrected chi connectivity index (χ0v) is 22.9. The Bertz CT molecular complexity index is 1580. The first kappa shape index (κ1) is 26.1. The molecule has 7 heteroatoms. The van der Waals surface area contributed by atoms with Crippen LogP contribution in [0, 0.1) is 12.8 Å². The van der Waals surface area contributed by atoms with Crippen molar-refractivity contribution in [1.82, 2.24) is 4.98 Å². The molecule has 5 rings (SSSR count). The number of hydrogen-bond donors (Lipinski definition) is 2. The first-order valence-electron chi connectivity index (χ1n) is 13.1. The Kier molecular flexibility index (Phi) is 6.91. The Morgan fingerprint density at radius 2 is 1.77 bits per heavy atom. The first-order chi connectivity index (χ1) is 18.7. The van der Waals surface area contributed by atoms with Gasteiger partial charge in [-0.05, 0) is 66.9 Å². The van der Waals surface area contributed by atoms with E-state index in [1.807, 2.05) is 80.6 Å². The molecule has 1 unspecified atom stereocenters. The molecule has 0 spiro atoms. The number of rotatable bonds is 7. The maximum atomic E-state index is 13.6. The lowest BCUT2D eigenvalue weighted by Gasteiger charge is -2.25. The molecule has 1 saturated heterocycles. The molecule has 1 atom stereocenters. The SMILES string of the molecule is Cc1cc(/C(O)=C2\C(=O)C(=O)N(c3ccc(N(C)C)cc3)C2c2c[nH]c3ccccc23)ccc1OCC(C)C. The lowest BCUT2D eigenvalue weighted by atomic mass is 9.94. The van der Waals surface area contributed by atoms with E-state index in [0.29, 0.717) is 23.8 Å². The third-order valence-electron chi connectivity index (χ3n) is 7.03. The summed E-state index contributed by atoms with van der Waals surface area (Å²) in [5.41, 5.74) is 4.49. The number of aromatic nitrogens is 1. The first-order valence-corrected chi connectivity index (χ1v) is 13.1. The average Bonchev–Trinajstić information content (AvgIpc) is 3.45. The number of ether oxygens (including phenoxy) is 1. The second-order valence-corrected chi connectivity index (χ2v) is 10.6. The minimum absolute atomic E-state index is 0.0525. The maximum Gasteiger partial charge on any atom is 0.300 e. The quantitative estimate of drug-likeness (QED) is 0.171. The molecule has 1 aromatic heterocycles. The van der Waals surface area contributed by atoms with Gasteiger partial charge >= 0.3 is 0 Å². The van der Waals surface area contributed by atoms with E-state index in [9.17, 15) is 14.7 Å². The number of aliphatic hydroxyl groups is 1. The lowest BCUT2D eigenvalue weighted by Crippen LogP contribution is -2.29. The van der Waals surface area contributed by atoms with E-state index in [2.05, 4.69) is 18.8 Å². The number of anilines is 2. The largest absolute Gasteiger partial charge is 0.507 e. The molecule has 1 amide bonds. The van der Waals surface area contributed by atoms with Crippen LogP contribution in [0.5, 0.6) is 5.75 Å². The van der Waals surface area contributed by atoms with Gasteiger partial charge in [-0.3, -0.25) is 14.5 Å². The van der Waals surface area contributed by atoms with Gasteiger partial charge in [-0.25, -0.2) is 0 Å². The third-order valence-corrected chi connectivity index (χ3v) is 7.03. The van der Waals surface area contributed by atoms with Crippen LogP contribution in [0.2, 0.25) is 0 Å². The highest BCUT2D eigenvalue weighted by Gasteiger charge is 2.47. The highest BCUT2D eigenvalue weighted by Crippen LogP contribution is 2.44. The van der Waals surface area contributed by atoms with E-state index >= 15 is 0 Å². The van der Waals surface area contributed by atoms with Gasteiger partial charge in [-0.1, -0.05) is 32.0 Å². The molecular formula is C32H33N3O4. The van der Waals surface area contributed by atoms with Crippen molar-refractivity contribution in [2.24, 2.45) is 5.92 Å². The molecule has 0 radical (unpaired) electrons. The molecule has 2 heterocycles. The molecular weight excluding hydrogens is 490 g/mol. The van der Waals surface area contributed by atoms with Gasteiger partial charge in [0.25, 0.3) is 11.7 Å². The molecule has 3 aromatic carbocycles. The van der Waals surface area contributed by atoms with Crippen LogP contribution in [-0.4, -0.2) is 42.5 Å². The van der Waals surface area contributed by atoms with Crippen LogP contribution in [0.25, 0.3) is 16.7 Å². The van der Waals surface area contributed by atoms with Crippen LogP contribution in [0.4, 0.5) is 11.4 Å². The Balaban J connectivity index is 1.66. The van der Waals surface area contributed by atoms with E-state index < -0.39 is 17.7 Å². The van der Waals surface area contributed by atoms with E-state index in [1.54, 1.807) is 18.2 Å². The highest BCUT2D eigenvalue weighted by molar-refractivity contribution is 6.51. The summed E-state index contributed by atoms with van der Waals surface area (Å²) in [4.78, 5) is 33.9. The fourth-order valence-corrected chi connectivity index (χ4v) is 5.00. The number of amides is 1. The second-order valence-electron chi connectivity index (χ2n) is 10.6. The number of nitrogens with zero attached hydrogens (tertiary/aromatic N) is 2. The number of nitrogens with one attached hydrogen (secondary N) is 1. The summed E-state index contributed by atoms with van der Waals surface area (Å²) in [6, 6.07) is 19.7. The van der Waals surface area contributed by atoms with Crippen molar-refractivity contribution >= 4 is 39.7 Å². The summed E-state index contributed by atoms with van der Waals surface area (Å²) in [7, 11) is 3.88. The molecule has 39 heavy (non-hydrogen) atoms. The van der Waals surface area contributed by atoms with Crippen LogP contribution in [0.1, 0.15) is 36.6 Å². The van der Waals surface area contributed by atoms with Gasteiger partial charge in [-0.15, -0.1) is 0 Å². The minimum Gasteiger partial charge on any atom is -0.507 e. The number of benzene rings is 3. The maximum absolute atomic E-state index is 13.6. The number of ketones is 1. The number of aliphatic hydroxyl groups excluding tert-OH is 1. The molecule has 4 aromatic rings. The van der Waals surface area contributed by atoms with Crippen molar-refractivity contribution in [2.75, 3.05) is 30.5 Å². The monoisotopic (exact) mass is 523 g/mol. The summed E-state index contributed by atoms with van der Waals surface area (Å²) in [6.45, 7) is 6.62. The fourth-order valence-electron chi connectivity index (χ4n) is 5.00. The van der Waals surface area contributed by atoms with E-state index in [4.69, 9.17) is 4.74 Å². The van der Waals surface area contributed by atoms with Crippen molar-refractivity contribution in [1.29, 1.82) is 0 Å². The highest BCUT2D eigenvalue weighted by atomic mass is 16.5. The Morgan fingerprint density at radius 1 is 1.05 bits per heavy atom. The number of para-hydroxylation sites is 1. The predicted octanol–water partition coefficient (Wildman–Crippen LogP) is 6.20. The molecule has 1 aliphatic heterocycles. The number of fused-ring (bicyclic) bond motifs is 1. The standard InChI is InChI=1S/C32H33N3O4/c1-19(2)18-39-27-15-10-21(16-20(27)3)30(36)28-29(25-17-33-26-9-7-6-8-24(25)26)35(32(38)31(28)37)23-13-11-22(12-14-23)34(4)5/h6-17,19,29,33,36H,18H2,1-5H3/b30-28+. The molecule has 7 nitrogen and oxygen atoms in total. The molecule has 1 fully saturated rings. The Morgan fingerprint density at radius 3 is 2.44 bits per heavy atom. The summed E-state index contributed by atoms with van der Waals surface area (Å²) in [5, 5.41) is 12.5. The third kappa shape index (κ3) is 4.76. The van der Waals surface area contributed by atoms with Crippen molar-refractivity contribution < 1.29 is 19.4 Å². The van der Waals surface area contributed by atoms with E-state index in [-0.39, 0.29) is 11.3 Å². The van der Waals surface area contributed by atoms with Gasteiger partial charge in [0.05, 0.1) is 18.2 Å². The molecule has 0 bridgehead atoms. The van der Waals surface area contributed by atoms with Crippen LogP contribution in [-0.2, 0) is 9.59 Å². The lowest BCUT2D eigenvalue weighted by molar-refractivity contribution is -0.132. The molecule has 200 valence electrons. The number of hydrogen-bond acceptors (Lipinski definition) is 5. The van der Waals surface area contributed by atoms with Crippen molar-refractivity contribution in [3.63, 3.8) is 0 Å². The van der Waals surface area contributed by atoms with Gasteiger partial charge in [0, 0.05) is 53.7 Å². The number of aryl methyl sites for hydroxylation is 1. The summed E-state index contributed by atoms with van der Waals surface area (Å²) in [5.74, 6) is -0.531. The summed E-state index contributed by atoms with van der Waals surface area (Å²) < 4.78 is 5.89. The van der Waals surface area contributed by atoms with Crippen LogP contribution in [0.15, 0.2) is 78.5 Å². The number of carbonyl (C=O) groups excluding carboxylic acids is 2. The average molecular weight is 524 g/mol. The van der Waals surface area contributed by atoms with E-state index in [1.165, 1.54) is 4.90 Å². The summed E-state index contributed by atoms with van der Waals surface area (Å²) >= 11 is 0. The summed E-state index contributed by atoms with van der Waals surface area (Å²) in [6.07, 6.45) is 1.81. The molecule has 1 aliphatic rings. The van der Waals surface area contributed by atoms with Crippen molar-refractivity contribution in [3.05, 3.63) is 95.2 Å². The van der Waals surface area contributed by atoms with Crippen molar-refractivity contribution in [3.8, 4) is 5.75 Å². The van der Waals surface area contributed by atoms with Crippen LogP contribution < -0.4 is 14.5 Å². The molecule has 0 saturated carbocycles. The second kappa shape index (κ2) is 10.3. The van der Waals surface area contributed by atoms with Gasteiger partial charge in [0.1, 0.15) is 11.5 Å². The van der Waals surface area contributed by atoms with Gasteiger partial charge in [0.15, 0.2) is 0 Å².